The summed E-state index contributed by atoms with van der Waals surface area (Å²) in [6, 6.07) is 2.07. The molecule has 0 amide bonds. The number of hydrogen-bond acceptors (Lipinski definition) is 6. The Morgan fingerprint density at radius 1 is 1.04 bits per heavy atom. The molecule has 3 aromatic rings. The van der Waals surface area contributed by atoms with Crippen molar-refractivity contribution in [2.75, 3.05) is 18.0 Å². The minimum atomic E-state index is 0.443. The number of nitrogens with zero attached hydrogens (tertiary/aromatic N) is 6. The summed E-state index contributed by atoms with van der Waals surface area (Å²) < 4.78 is 3.60. The molecule has 0 aromatic carbocycles. The lowest BCUT2D eigenvalue weighted by Gasteiger charge is -2.33. The van der Waals surface area contributed by atoms with Crippen molar-refractivity contribution in [2.45, 2.75) is 51.0 Å². The van der Waals surface area contributed by atoms with E-state index in [1.54, 1.807) is 17.7 Å². The number of aryl methyl sites for hydroxylation is 1. The average Bonchev–Trinajstić information content (AvgIpc) is 3.23. The van der Waals surface area contributed by atoms with Gasteiger partial charge in [-0.1, -0.05) is 6.42 Å². The van der Waals surface area contributed by atoms with E-state index in [1.165, 1.54) is 48.5 Å². The van der Waals surface area contributed by atoms with Gasteiger partial charge in [-0.25, -0.2) is 9.97 Å². The Labute approximate surface area is 150 Å². The van der Waals surface area contributed by atoms with Crippen molar-refractivity contribution in [2.24, 2.45) is 0 Å². The molecule has 3 aromatic heterocycles. The van der Waals surface area contributed by atoms with Gasteiger partial charge >= 0.3 is 0 Å². The molecule has 1 atom stereocenters. The van der Waals surface area contributed by atoms with Crippen LogP contribution in [0.15, 0.2) is 17.8 Å². The van der Waals surface area contributed by atoms with Gasteiger partial charge < -0.3 is 9.47 Å². The molecule has 0 N–H and O–H groups in total. The van der Waals surface area contributed by atoms with Gasteiger partial charge in [-0.3, -0.25) is 0 Å². The molecule has 130 valence electrons. The van der Waals surface area contributed by atoms with Crippen LogP contribution in [0.4, 0.5) is 5.82 Å². The lowest BCUT2D eigenvalue weighted by molar-refractivity contribution is 0.464. The number of hydrogen-bond donors (Lipinski definition) is 0. The highest BCUT2D eigenvalue weighted by Crippen LogP contribution is 2.34. The van der Waals surface area contributed by atoms with Gasteiger partial charge in [0.1, 0.15) is 23.8 Å². The summed E-state index contributed by atoms with van der Waals surface area (Å²) in [6.45, 7) is 3.11. The van der Waals surface area contributed by atoms with Gasteiger partial charge in [0, 0.05) is 32.0 Å². The maximum atomic E-state index is 4.60. The standard InChI is InChI=1S/C18H22N6S/c1-2-6-15-21-22-17(24(15)9-3-1)13-5-4-8-23(11-13)18-16-14(7-10-25-16)19-12-20-18/h7,10,12-13H,1-6,8-9,11H2. The van der Waals surface area contributed by atoms with Crippen molar-refractivity contribution in [1.29, 1.82) is 0 Å². The molecular weight excluding hydrogens is 332 g/mol. The van der Waals surface area contributed by atoms with Crippen LogP contribution >= 0.6 is 11.3 Å². The summed E-state index contributed by atoms with van der Waals surface area (Å²) in [5, 5.41) is 11.2. The highest BCUT2D eigenvalue weighted by atomic mass is 32.1. The molecule has 0 saturated carbocycles. The molecule has 1 saturated heterocycles. The summed E-state index contributed by atoms with van der Waals surface area (Å²) in [5.41, 5.74) is 1.05. The molecule has 0 spiro atoms. The SMILES string of the molecule is c1nc(N2CCCC(c3nnc4n3CCCCC4)C2)c2sccc2n1. The predicted molar refractivity (Wildman–Crippen MR) is 99.2 cm³/mol. The van der Waals surface area contributed by atoms with E-state index in [0.717, 1.165) is 37.4 Å². The van der Waals surface area contributed by atoms with Crippen LogP contribution in [0, 0.1) is 0 Å². The van der Waals surface area contributed by atoms with Crippen molar-refractivity contribution < 1.29 is 0 Å². The topological polar surface area (TPSA) is 59.7 Å². The Balaban J connectivity index is 1.45. The molecule has 1 fully saturated rings. The van der Waals surface area contributed by atoms with Gasteiger partial charge in [-0.05, 0) is 37.1 Å². The van der Waals surface area contributed by atoms with E-state index in [9.17, 15) is 0 Å². The fraction of sp³-hybridized carbons (Fsp3) is 0.556. The second-order valence-corrected chi connectivity index (χ2v) is 7.97. The van der Waals surface area contributed by atoms with E-state index in [1.807, 2.05) is 0 Å². The lowest BCUT2D eigenvalue weighted by atomic mass is 9.97. The van der Waals surface area contributed by atoms with Crippen molar-refractivity contribution >= 4 is 27.4 Å². The summed E-state index contributed by atoms with van der Waals surface area (Å²) in [4.78, 5) is 11.4. The van der Waals surface area contributed by atoms with Crippen molar-refractivity contribution in [3.63, 3.8) is 0 Å². The molecule has 7 heteroatoms. The first-order valence-electron chi connectivity index (χ1n) is 9.25. The van der Waals surface area contributed by atoms with Crippen molar-refractivity contribution in [1.82, 2.24) is 24.7 Å². The average molecular weight is 354 g/mol. The Bertz CT molecular complexity index is 885. The Morgan fingerprint density at radius 3 is 3.04 bits per heavy atom. The Morgan fingerprint density at radius 2 is 2.04 bits per heavy atom. The van der Waals surface area contributed by atoms with E-state index in [2.05, 4.69) is 41.1 Å². The maximum Gasteiger partial charge on any atom is 0.150 e. The smallest absolute Gasteiger partial charge is 0.150 e. The number of piperidine rings is 1. The van der Waals surface area contributed by atoms with E-state index < -0.39 is 0 Å². The molecule has 2 aliphatic heterocycles. The summed E-state index contributed by atoms with van der Waals surface area (Å²) in [5.74, 6) is 3.91. The van der Waals surface area contributed by atoms with Crippen LogP contribution in [0.1, 0.15) is 49.7 Å². The molecule has 0 radical (unpaired) electrons. The fourth-order valence-electron chi connectivity index (χ4n) is 4.19. The summed E-state index contributed by atoms with van der Waals surface area (Å²) in [7, 11) is 0. The van der Waals surface area contributed by atoms with Crippen LogP contribution in [-0.4, -0.2) is 37.8 Å². The normalized spacial score (nSPS) is 21.3. The highest BCUT2D eigenvalue weighted by molar-refractivity contribution is 7.17. The van der Waals surface area contributed by atoms with Gasteiger partial charge in [-0.15, -0.1) is 21.5 Å². The Hall–Kier alpha value is -2.02. The molecule has 0 bridgehead atoms. The second kappa shape index (κ2) is 6.37. The van der Waals surface area contributed by atoms with Crippen molar-refractivity contribution in [3.8, 4) is 0 Å². The zero-order valence-electron chi connectivity index (χ0n) is 14.3. The van der Waals surface area contributed by atoms with Crippen LogP contribution in [0.5, 0.6) is 0 Å². The molecule has 0 aliphatic carbocycles. The molecule has 2 aliphatic rings. The first kappa shape index (κ1) is 15.3. The molecule has 6 nitrogen and oxygen atoms in total. The maximum absolute atomic E-state index is 4.60. The van der Waals surface area contributed by atoms with Crippen LogP contribution in [0.2, 0.25) is 0 Å². The van der Waals surface area contributed by atoms with Crippen molar-refractivity contribution in [3.05, 3.63) is 29.4 Å². The number of anilines is 1. The van der Waals surface area contributed by atoms with E-state index in [-0.39, 0.29) is 0 Å². The number of aromatic nitrogens is 5. The molecular formula is C18H22N6S. The summed E-state index contributed by atoms with van der Waals surface area (Å²) in [6.07, 6.45) is 8.92. The third-order valence-corrected chi connectivity index (χ3v) is 6.35. The van der Waals surface area contributed by atoms with Gasteiger partial charge in [0.25, 0.3) is 0 Å². The molecule has 5 heterocycles. The van der Waals surface area contributed by atoms with Crippen LogP contribution < -0.4 is 4.90 Å². The zero-order chi connectivity index (χ0) is 16.6. The molecule has 25 heavy (non-hydrogen) atoms. The first-order chi connectivity index (χ1) is 12.4. The lowest BCUT2D eigenvalue weighted by Crippen LogP contribution is -2.36. The first-order valence-corrected chi connectivity index (χ1v) is 10.1. The van der Waals surface area contributed by atoms with Gasteiger partial charge in [0.05, 0.1) is 10.2 Å². The zero-order valence-corrected chi connectivity index (χ0v) is 15.1. The van der Waals surface area contributed by atoms with Gasteiger partial charge in [-0.2, -0.15) is 0 Å². The molecule has 1 unspecified atom stereocenters. The third-order valence-electron chi connectivity index (χ3n) is 5.45. The Kier molecular flexibility index (Phi) is 3.88. The van der Waals surface area contributed by atoms with Gasteiger partial charge in [0.2, 0.25) is 0 Å². The highest BCUT2D eigenvalue weighted by Gasteiger charge is 2.28. The van der Waals surface area contributed by atoms with Gasteiger partial charge in [0.15, 0.2) is 0 Å². The van der Waals surface area contributed by atoms with Crippen LogP contribution in [-0.2, 0) is 13.0 Å². The second-order valence-electron chi connectivity index (χ2n) is 7.05. The van der Waals surface area contributed by atoms with E-state index in [0.29, 0.717) is 5.92 Å². The third kappa shape index (κ3) is 2.70. The minimum absolute atomic E-state index is 0.443. The fourth-order valence-corrected chi connectivity index (χ4v) is 5.05. The van der Waals surface area contributed by atoms with Crippen LogP contribution in [0.25, 0.3) is 10.2 Å². The minimum Gasteiger partial charge on any atom is -0.355 e. The monoisotopic (exact) mass is 354 g/mol. The summed E-state index contributed by atoms with van der Waals surface area (Å²) >= 11 is 1.73. The van der Waals surface area contributed by atoms with Crippen LogP contribution in [0.3, 0.4) is 0 Å². The molecule has 5 rings (SSSR count). The van der Waals surface area contributed by atoms with E-state index in [4.69, 9.17) is 0 Å². The quantitative estimate of drug-likeness (QED) is 0.706. The number of fused-ring (bicyclic) bond motifs is 2. The predicted octanol–water partition coefficient (Wildman–Crippen LogP) is 3.39. The number of thiophene rings is 1. The van der Waals surface area contributed by atoms with E-state index >= 15 is 0 Å². The largest absolute Gasteiger partial charge is 0.355 e. The number of rotatable bonds is 2.